The molecule has 1 unspecified atom stereocenters. The number of aryl methyl sites for hydroxylation is 1. The van der Waals surface area contributed by atoms with E-state index in [0.717, 1.165) is 11.1 Å². The van der Waals surface area contributed by atoms with Crippen molar-refractivity contribution < 1.29 is 14.6 Å². The summed E-state index contributed by atoms with van der Waals surface area (Å²) in [6.45, 7) is 9.41. The third-order valence-corrected chi connectivity index (χ3v) is 3.86. The highest BCUT2D eigenvalue weighted by Gasteiger charge is 2.49. The first-order chi connectivity index (χ1) is 8.79. The fourth-order valence-corrected chi connectivity index (χ4v) is 2.32. The average molecular weight is 264 g/mol. The number of hydrogen-bond donors (Lipinski definition) is 1. The first kappa shape index (κ1) is 15.7. The van der Waals surface area contributed by atoms with Crippen molar-refractivity contribution in [1.82, 2.24) is 0 Å². The van der Waals surface area contributed by atoms with E-state index in [1.807, 2.05) is 38.1 Å². The summed E-state index contributed by atoms with van der Waals surface area (Å²) in [6.07, 6.45) is 0.446. The second kappa shape index (κ2) is 5.74. The molecule has 3 nitrogen and oxygen atoms in total. The van der Waals surface area contributed by atoms with E-state index < -0.39 is 11.0 Å². The minimum absolute atomic E-state index is 0.315. The molecular weight excluding hydrogens is 240 g/mol. The molecule has 0 bridgehead atoms. The van der Waals surface area contributed by atoms with Gasteiger partial charge in [0.05, 0.1) is 12.0 Å². The number of esters is 1. The van der Waals surface area contributed by atoms with E-state index >= 15 is 0 Å². The Kier molecular flexibility index (Phi) is 4.75. The maximum Gasteiger partial charge on any atom is 0.314 e. The lowest BCUT2D eigenvalue weighted by Gasteiger charge is -2.40. The van der Waals surface area contributed by atoms with E-state index in [1.165, 1.54) is 0 Å². The van der Waals surface area contributed by atoms with Crippen molar-refractivity contribution in [2.45, 2.75) is 46.6 Å². The Labute approximate surface area is 115 Å². The normalized spacial score (nSPS) is 14.8. The van der Waals surface area contributed by atoms with Crippen LogP contribution in [-0.2, 0) is 15.1 Å². The Hall–Kier alpha value is -1.35. The maximum absolute atomic E-state index is 12.1. The second-order valence-electron chi connectivity index (χ2n) is 5.43. The van der Waals surface area contributed by atoms with E-state index in [9.17, 15) is 9.90 Å². The lowest BCUT2D eigenvalue weighted by atomic mass is 9.69. The van der Waals surface area contributed by atoms with Gasteiger partial charge in [0.15, 0.2) is 0 Å². The molecular formula is C16H24O3. The standard InChI is InChI=1S/C16H24O3/c1-6-16(18,13-10-8-12(3)9-11-13)15(4,5)14(17)19-7-2/h8-11,18H,6-7H2,1-5H3. The molecule has 0 aromatic heterocycles. The molecule has 1 atom stereocenters. The second-order valence-corrected chi connectivity index (χ2v) is 5.43. The molecule has 0 saturated carbocycles. The third kappa shape index (κ3) is 2.81. The Bertz CT molecular complexity index is 434. The smallest absolute Gasteiger partial charge is 0.314 e. The fraction of sp³-hybridized carbons (Fsp3) is 0.562. The van der Waals surface area contributed by atoms with Crippen molar-refractivity contribution in [2.24, 2.45) is 5.41 Å². The number of carbonyl (C=O) groups is 1. The van der Waals surface area contributed by atoms with Crippen LogP contribution in [-0.4, -0.2) is 17.7 Å². The van der Waals surface area contributed by atoms with Gasteiger partial charge in [0.1, 0.15) is 5.60 Å². The molecule has 106 valence electrons. The van der Waals surface area contributed by atoms with Crippen molar-refractivity contribution in [3.05, 3.63) is 35.4 Å². The van der Waals surface area contributed by atoms with Crippen LogP contribution in [0.25, 0.3) is 0 Å². The van der Waals surface area contributed by atoms with Crippen LogP contribution in [0.15, 0.2) is 24.3 Å². The van der Waals surface area contributed by atoms with Gasteiger partial charge in [-0.3, -0.25) is 4.79 Å². The van der Waals surface area contributed by atoms with Gasteiger partial charge < -0.3 is 9.84 Å². The molecule has 3 heteroatoms. The molecule has 1 aromatic carbocycles. The molecule has 0 aliphatic rings. The highest BCUT2D eigenvalue weighted by atomic mass is 16.5. The average Bonchev–Trinajstić information content (AvgIpc) is 2.38. The molecule has 1 rings (SSSR count). The molecule has 19 heavy (non-hydrogen) atoms. The minimum Gasteiger partial charge on any atom is -0.465 e. The summed E-state index contributed by atoms with van der Waals surface area (Å²) in [5.41, 5.74) is -0.352. The predicted molar refractivity (Wildman–Crippen MR) is 75.8 cm³/mol. The van der Waals surface area contributed by atoms with Gasteiger partial charge in [0.25, 0.3) is 0 Å². The monoisotopic (exact) mass is 264 g/mol. The summed E-state index contributed by atoms with van der Waals surface area (Å²) in [5, 5.41) is 11.0. The van der Waals surface area contributed by atoms with Crippen LogP contribution in [0.2, 0.25) is 0 Å². The van der Waals surface area contributed by atoms with Crippen LogP contribution in [0.3, 0.4) is 0 Å². The first-order valence-electron chi connectivity index (χ1n) is 6.76. The lowest BCUT2D eigenvalue weighted by Crippen LogP contribution is -2.47. The largest absolute Gasteiger partial charge is 0.465 e. The molecule has 0 fully saturated rings. The molecule has 0 heterocycles. The topological polar surface area (TPSA) is 46.5 Å². The van der Waals surface area contributed by atoms with Gasteiger partial charge in [-0.1, -0.05) is 36.8 Å². The maximum atomic E-state index is 12.1. The number of benzene rings is 1. The van der Waals surface area contributed by atoms with Crippen molar-refractivity contribution in [3.8, 4) is 0 Å². The highest BCUT2D eigenvalue weighted by molar-refractivity contribution is 5.78. The van der Waals surface area contributed by atoms with Crippen LogP contribution >= 0.6 is 0 Å². The van der Waals surface area contributed by atoms with Crippen molar-refractivity contribution in [2.75, 3.05) is 6.61 Å². The lowest BCUT2D eigenvalue weighted by molar-refractivity contribution is -0.173. The number of carbonyl (C=O) groups excluding carboxylic acids is 1. The number of rotatable bonds is 5. The highest BCUT2D eigenvalue weighted by Crippen LogP contribution is 2.43. The van der Waals surface area contributed by atoms with Gasteiger partial charge in [-0.05, 0) is 39.7 Å². The fourth-order valence-electron chi connectivity index (χ4n) is 2.32. The molecule has 0 amide bonds. The zero-order chi connectivity index (χ0) is 14.7. The summed E-state index contributed by atoms with van der Waals surface area (Å²) in [6, 6.07) is 7.63. The minimum atomic E-state index is -1.23. The van der Waals surface area contributed by atoms with Crippen LogP contribution in [0.4, 0.5) is 0 Å². The summed E-state index contributed by atoms with van der Waals surface area (Å²) >= 11 is 0. The van der Waals surface area contributed by atoms with Gasteiger partial charge >= 0.3 is 5.97 Å². The van der Waals surface area contributed by atoms with Crippen LogP contribution < -0.4 is 0 Å². The molecule has 0 spiro atoms. The van der Waals surface area contributed by atoms with Crippen molar-refractivity contribution >= 4 is 5.97 Å². The first-order valence-corrected chi connectivity index (χ1v) is 6.76. The molecule has 0 radical (unpaired) electrons. The Morgan fingerprint density at radius 1 is 1.21 bits per heavy atom. The van der Waals surface area contributed by atoms with Gasteiger partial charge in [0.2, 0.25) is 0 Å². The van der Waals surface area contributed by atoms with Crippen LogP contribution in [0.5, 0.6) is 0 Å². The summed E-state index contributed by atoms with van der Waals surface area (Å²) in [5.74, 6) is -0.375. The zero-order valence-corrected chi connectivity index (χ0v) is 12.5. The van der Waals surface area contributed by atoms with Crippen molar-refractivity contribution in [1.29, 1.82) is 0 Å². The zero-order valence-electron chi connectivity index (χ0n) is 12.5. The van der Waals surface area contributed by atoms with Gasteiger partial charge in [0, 0.05) is 0 Å². The summed E-state index contributed by atoms with van der Waals surface area (Å²) in [4.78, 5) is 12.1. The molecule has 0 aliphatic carbocycles. The molecule has 0 aliphatic heterocycles. The Balaban J connectivity index is 3.22. The predicted octanol–water partition coefficient (Wildman–Crippen LogP) is 3.18. The molecule has 0 saturated heterocycles. The van der Waals surface area contributed by atoms with Gasteiger partial charge in [-0.25, -0.2) is 0 Å². The van der Waals surface area contributed by atoms with Crippen LogP contribution in [0.1, 0.15) is 45.2 Å². The summed E-state index contributed by atoms with van der Waals surface area (Å²) in [7, 11) is 0. The van der Waals surface area contributed by atoms with Crippen LogP contribution in [0, 0.1) is 12.3 Å². The molecule has 1 N–H and O–H groups in total. The third-order valence-electron chi connectivity index (χ3n) is 3.86. The van der Waals surface area contributed by atoms with Crippen molar-refractivity contribution in [3.63, 3.8) is 0 Å². The van der Waals surface area contributed by atoms with E-state index in [0.29, 0.717) is 13.0 Å². The van der Waals surface area contributed by atoms with E-state index in [1.54, 1.807) is 20.8 Å². The Morgan fingerprint density at radius 3 is 2.16 bits per heavy atom. The molecule has 1 aromatic rings. The van der Waals surface area contributed by atoms with E-state index in [4.69, 9.17) is 4.74 Å². The SMILES string of the molecule is CCOC(=O)C(C)(C)C(O)(CC)c1ccc(C)cc1. The number of hydrogen-bond acceptors (Lipinski definition) is 3. The number of ether oxygens (including phenoxy) is 1. The quantitative estimate of drug-likeness (QED) is 0.831. The van der Waals surface area contributed by atoms with E-state index in [-0.39, 0.29) is 5.97 Å². The summed E-state index contributed by atoms with van der Waals surface area (Å²) < 4.78 is 5.10. The van der Waals surface area contributed by atoms with Gasteiger partial charge in [-0.15, -0.1) is 0 Å². The van der Waals surface area contributed by atoms with E-state index in [2.05, 4.69) is 0 Å². The van der Waals surface area contributed by atoms with Gasteiger partial charge in [-0.2, -0.15) is 0 Å². The number of aliphatic hydroxyl groups is 1. The Morgan fingerprint density at radius 2 is 1.74 bits per heavy atom.